The van der Waals surface area contributed by atoms with Gasteiger partial charge in [0, 0.05) is 24.1 Å². The number of hydrogen-bond donors (Lipinski definition) is 1. The SMILES string of the molecule is CC(C)[C@@H]1C[C@@]2(CCCN(C(=O)c3ccc(O)cc3)C2)CO[C@H]1c1ccc(F)cc1. The lowest BCUT2D eigenvalue weighted by molar-refractivity contribution is -0.130. The van der Waals surface area contributed by atoms with Gasteiger partial charge in [-0.1, -0.05) is 26.0 Å². The zero-order valence-electron chi connectivity index (χ0n) is 17.7. The molecule has 1 spiro atoms. The van der Waals surface area contributed by atoms with Gasteiger partial charge < -0.3 is 14.7 Å². The molecular weight excluding hydrogens is 381 g/mol. The molecule has 2 aliphatic heterocycles. The fourth-order valence-electron chi connectivity index (χ4n) is 5.09. The van der Waals surface area contributed by atoms with Gasteiger partial charge in [-0.3, -0.25) is 4.79 Å². The molecule has 1 N–H and O–H groups in total. The van der Waals surface area contributed by atoms with Crippen molar-refractivity contribution in [3.8, 4) is 5.75 Å². The molecule has 2 aliphatic rings. The highest BCUT2D eigenvalue weighted by Crippen LogP contribution is 2.49. The van der Waals surface area contributed by atoms with Crippen LogP contribution in [0.15, 0.2) is 48.5 Å². The molecule has 4 rings (SSSR count). The van der Waals surface area contributed by atoms with Crippen LogP contribution in [0.4, 0.5) is 4.39 Å². The van der Waals surface area contributed by atoms with E-state index in [-0.39, 0.29) is 29.0 Å². The number of halogens is 1. The minimum absolute atomic E-state index is 0.0100. The maximum atomic E-state index is 13.4. The zero-order chi connectivity index (χ0) is 21.3. The predicted octanol–water partition coefficient (Wildman–Crippen LogP) is 5.19. The van der Waals surface area contributed by atoms with Crippen molar-refractivity contribution >= 4 is 5.91 Å². The molecular formula is C25H30FNO3. The molecule has 2 aromatic rings. The molecule has 3 atom stereocenters. The second kappa shape index (κ2) is 8.38. The van der Waals surface area contributed by atoms with E-state index in [2.05, 4.69) is 13.8 Å². The maximum Gasteiger partial charge on any atom is 0.253 e. The monoisotopic (exact) mass is 411 g/mol. The number of amides is 1. The predicted molar refractivity (Wildman–Crippen MR) is 114 cm³/mol. The maximum absolute atomic E-state index is 13.4. The highest BCUT2D eigenvalue weighted by atomic mass is 19.1. The lowest BCUT2D eigenvalue weighted by Crippen LogP contribution is -2.52. The van der Waals surface area contributed by atoms with Gasteiger partial charge in [0.1, 0.15) is 11.6 Å². The van der Waals surface area contributed by atoms with Gasteiger partial charge in [-0.25, -0.2) is 4.39 Å². The lowest BCUT2D eigenvalue weighted by atomic mass is 9.67. The zero-order valence-corrected chi connectivity index (χ0v) is 17.7. The van der Waals surface area contributed by atoms with Crippen molar-refractivity contribution in [2.75, 3.05) is 19.7 Å². The highest BCUT2D eigenvalue weighted by Gasteiger charge is 2.46. The summed E-state index contributed by atoms with van der Waals surface area (Å²) in [5, 5.41) is 9.50. The number of phenols is 1. The number of carbonyl (C=O) groups is 1. The fraction of sp³-hybridized carbons (Fsp3) is 0.480. The summed E-state index contributed by atoms with van der Waals surface area (Å²) in [5.74, 6) is 0.668. The first-order valence-corrected chi connectivity index (χ1v) is 10.8. The summed E-state index contributed by atoms with van der Waals surface area (Å²) >= 11 is 0. The number of benzene rings is 2. The van der Waals surface area contributed by atoms with Gasteiger partial charge in [0.25, 0.3) is 5.91 Å². The van der Waals surface area contributed by atoms with Crippen molar-refractivity contribution < 1.29 is 19.0 Å². The van der Waals surface area contributed by atoms with Crippen molar-refractivity contribution in [3.63, 3.8) is 0 Å². The Balaban J connectivity index is 1.52. The molecule has 0 unspecified atom stereocenters. The van der Waals surface area contributed by atoms with E-state index in [1.54, 1.807) is 24.3 Å². The fourth-order valence-corrected chi connectivity index (χ4v) is 5.09. The number of phenolic OH excluding ortho intramolecular Hbond substituents is 1. The first kappa shape index (κ1) is 20.9. The molecule has 2 heterocycles. The van der Waals surface area contributed by atoms with Crippen molar-refractivity contribution in [3.05, 3.63) is 65.5 Å². The number of likely N-dealkylation sites (tertiary alicyclic amines) is 1. The molecule has 0 aromatic heterocycles. The van der Waals surface area contributed by atoms with Gasteiger partial charge in [0.05, 0.1) is 12.7 Å². The van der Waals surface area contributed by atoms with Gasteiger partial charge in [-0.15, -0.1) is 0 Å². The Morgan fingerprint density at radius 2 is 1.87 bits per heavy atom. The number of rotatable bonds is 3. The first-order chi connectivity index (χ1) is 14.4. The summed E-state index contributed by atoms with van der Waals surface area (Å²) in [6.07, 6.45) is 2.95. The summed E-state index contributed by atoms with van der Waals surface area (Å²) in [6, 6.07) is 13.1. The number of hydrogen-bond acceptors (Lipinski definition) is 3. The molecule has 1 amide bonds. The Kier molecular flexibility index (Phi) is 5.83. The van der Waals surface area contributed by atoms with Crippen LogP contribution < -0.4 is 0 Å². The third-order valence-corrected chi connectivity index (χ3v) is 6.74. The third kappa shape index (κ3) is 4.22. The molecule has 160 valence electrons. The van der Waals surface area contributed by atoms with Crippen molar-refractivity contribution in [1.29, 1.82) is 0 Å². The first-order valence-electron chi connectivity index (χ1n) is 10.8. The Bertz CT molecular complexity index is 880. The lowest BCUT2D eigenvalue weighted by Gasteiger charge is -2.50. The summed E-state index contributed by atoms with van der Waals surface area (Å²) < 4.78 is 19.8. The van der Waals surface area contributed by atoms with Gasteiger partial charge >= 0.3 is 0 Å². The quantitative estimate of drug-likeness (QED) is 0.756. The van der Waals surface area contributed by atoms with Crippen LogP contribution in [-0.2, 0) is 4.74 Å². The van der Waals surface area contributed by atoms with Crippen LogP contribution >= 0.6 is 0 Å². The molecule has 0 radical (unpaired) electrons. The topological polar surface area (TPSA) is 49.8 Å². The summed E-state index contributed by atoms with van der Waals surface area (Å²) in [4.78, 5) is 15.0. The normalized spacial score (nSPS) is 26.9. The standard InChI is InChI=1S/C25H30FNO3/c1-17(2)22-14-25(16-30-23(22)18-4-8-20(26)9-5-18)12-3-13-27(15-25)24(29)19-6-10-21(28)11-7-19/h4-11,17,22-23,28H,3,12-16H2,1-2H3/t22-,23-,25+/m0/s1. The second-order valence-corrected chi connectivity index (χ2v) is 9.27. The Morgan fingerprint density at radius 3 is 2.53 bits per heavy atom. The van der Waals surface area contributed by atoms with E-state index in [1.807, 2.05) is 17.0 Å². The molecule has 30 heavy (non-hydrogen) atoms. The largest absolute Gasteiger partial charge is 0.508 e. The smallest absolute Gasteiger partial charge is 0.253 e. The Morgan fingerprint density at radius 1 is 1.17 bits per heavy atom. The van der Waals surface area contributed by atoms with E-state index in [0.29, 0.717) is 30.6 Å². The third-order valence-electron chi connectivity index (χ3n) is 6.74. The summed E-state index contributed by atoms with van der Waals surface area (Å²) in [7, 11) is 0. The van der Waals surface area contributed by atoms with Crippen LogP contribution in [0.25, 0.3) is 0 Å². The number of ether oxygens (including phenoxy) is 1. The van der Waals surface area contributed by atoms with Gasteiger partial charge in [0.2, 0.25) is 0 Å². The van der Waals surface area contributed by atoms with Gasteiger partial charge in [0.15, 0.2) is 0 Å². The number of carbonyl (C=O) groups excluding carboxylic acids is 1. The molecule has 4 nitrogen and oxygen atoms in total. The molecule has 2 saturated heterocycles. The van der Waals surface area contributed by atoms with E-state index in [4.69, 9.17) is 4.74 Å². The van der Waals surface area contributed by atoms with Crippen LogP contribution in [0.2, 0.25) is 0 Å². The van der Waals surface area contributed by atoms with Crippen LogP contribution in [0.5, 0.6) is 5.75 Å². The van der Waals surface area contributed by atoms with Gasteiger partial charge in [-0.2, -0.15) is 0 Å². The van der Waals surface area contributed by atoms with E-state index in [0.717, 1.165) is 31.4 Å². The van der Waals surface area contributed by atoms with Crippen molar-refractivity contribution in [2.24, 2.45) is 17.3 Å². The summed E-state index contributed by atoms with van der Waals surface area (Å²) in [5.41, 5.74) is 1.58. The molecule has 2 fully saturated rings. The average molecular weight is 412 g/mol. The van der Waals surface area contributed by atoms with E-state index >= 15 is 0 Å². The van der Waals surface area contributed by atoms with E-state index in [1.165, 1.54) is 12.1 Å². The Hall–Kier alpha value is -2.40. The van der Waals surface area contributed by atoms with Crippen LogP contribution in [0, 0.1) is 23.1 Å². The molecule has 5 heteroatoms. The van der Waals surface area contributed by atoms with Crippen LogP contribution in [0.1, 0.15) is 55.1 Å². The van der Waals surface area contributed by atoms with Crippen LogP contribution in [0.3, 0.4) is 0 Å². The van der Waals surface area contributed by atoms with Gasteiger partial charge in [-0.05, 0) is 73.1 Å². The minimum atomic E-state index is -0.234. The highest BCUT2D eigenvalue weighted by molar-refractivity contribution is 5.94. The number of aromatic hydroxyl groups is 1. The van der Waals surface area contributed by atoms with Crippen molar-refractivity contribution in [1.82, 2.24) is 4.90 Å². The molecule has 0 aliphatic carbocycles. The van der Waals surface area contributed by atoms with Crippen molar-refractivity contribution in [2.45, 2.75) is 39.2 Å². The minimum Gasteiger partial charge on any atom is -0.508 e. The van der Waals surface area contributed by atoms with Crippen LogP contribution in [-0.4, -0.2) is 35.6 Å². The number of nitrogens with zero attached hydrogens (tertiary/aromatic N) is 1. The van der Waals surface area contributed by atoms with E-state index in [9.17, 15) is 14.3 Å². The number of piperidine rings is 1. The average Bonchev–Trinajstić information content (AvgIpc) is 2.74. The Labute approximate surface area is 177 Å². The molecule has 2 aromatic carbocycles. The second-order valence-electron chi connectivity index (χ2n) is 9.27. The summed E-state index contributed by atoms with van der Waals surface area (Å²) in [6.45, 7) is 6.47. The van der Waals surface area contributed by atoms with E-state index < -0.39 is 0 Å². The molecule has 0 saturated carbocycles. The molecule has 0 bridgehead atoms.